The predicted molar refractivity (Wildman–Crippen MR) is 82.0 cm³/mol. The summed E-state index contributed by atoms with van der Waals surface area (Å²) >= 11 is 0. The Hall–Kier alpha value is 0.0569. The van der Waals surface area contributed by atoms with Crippen molar-refractivity contribution in [3.8, 4) is 0 Å². The standard InChI is InChI=1S/C13H33N3OSi/c1-8-9-14-10-11-17-18(15-12(2,3)4)16-13(5,6)7/h14-16,18H,8-11H2,1-7H3. The van der Waals surface area contributed by atoms with Crippen molar-refractivity contribution in [1.29, 1.82) is 0 Å². The summed E-state index contributed by atoms with van der Waals surface area (Å²) in [6, 6.07) is 0. The predicted octanol–water partition coefficient (Wildman–Crippen LogP) is 1.50. The van der Waals surface area contributed by atoms with Crippen LogP contribution in [0.15, 0.2) is 0 Å². The van der Waals surface area contributed by atoms with Gasteiger partial charge in [-0.3, -0.25) is 0 Å². The maximum atomic E-state index is 5.99. The molecule has 0 heterocycles. The Bertz CT molecular complexity index is 195. The normalized spacial score (nSPS) is 13.3. The maximum Gasteiger partial charge on any atom is 0.335 e. The molecule has 4 nitrogen and oxygen atoms in total. The summed E-state index contributed by atoms with van der Waals surface area (Å²) in [4.78, 5) is 7.16. The van der Waals surface area contributed by atoms with Gasteiger partial charge in [0.2, 0.25) is 0 Å². The van der Waals surface area contributed by atoms with Gasteiger partial charge in [-0.05, 0) is 54.5 Å². The van der Waals surface area contributed by atoms with Gasteiger partial charge in [0.1, 0.15) is 0 Å². The zero-order valence-corrected chi connectivity index (χ0v) is 14.5. The molecule has 0 spiro atoms. The van der Waals surface area contributed by atoms with Gasteiger partial charge in [-0.1, -0.05) is 6.92 Å². The highest BCUT2D eigenvalue weighted by atomic mass is 28.3. The molecule has 0 aromatic heterocycles. The van der Waals surface area contributed by atoms with Gasteiger partial charge in [-0.25, -0.2) is 0 Å². The minimum Gasteiger partial charge on any atom is -0.393 e. The third-order valence-electron chi connectivity index (χ3n) is 2.12. The topological polar surface area (TPSA) is 45.3 Å². The average molecular weight is 276 g/mol. The molecule has 0 aromatic rings. The third-order valence-corrected chi connectivity index (χ3v) is 4.94. The van der Waals surface area contributed by atoms with E-state index in [-0.39, 0.29) is 11.1 Å². The Morgan fingerprint density at radius 1 is 0.889 bits per heavy atom. The highest BCUT2D eigenvalue weighted by Gasteiger charge is 2.24. The lowest BCUT2D eigenvalue weighted by Crippen LogP contribution is -2.62. The molecule has 0 aromatic carbocycles. The summed E-state index contributed by atoms with van der Waals surface area (Å²) in [6.45, 7) is 18.0. The molecule has 0 aliphatic carbocycles. The molecular weight excluding hydrogens is 242 g/mol. The Labute approximate surface area is 115 Å². The molecule has 0 atom stereocenters. The fourth-order valence-corrected chi connectivity index (χ4v) is 3.62. The van der Waals surface area contributed by atoms with Crippen LogP contribution in [0.3, 0.4) is 0 Å². The van der Waals surface area contributed by atoms with Crippen LogP contribution in [0.2, 0.25) is 0 Å². The second-order valence-electron chi connectivity index (χ2n) is 6.79. The Morgan fingerprint density at radius 3 is 1.78 bits per heavy atom. The van der Waals surface area contributed by atoms with Crippen LogP contribution in [0, 0.1) is 0 Å². The summed E-state index contributed by atoms with van der Waals surface area (Å²) < 4.78 is 5.99. The van der Waals surface area contributed by atoms with Crippen LogP contribution in [0.5, 0.6) is 0 Å². The maximum absolute atomic E-state index is 5.99. The van der Waals surface area contributed by atoms with Gasteiger partial charge >= 0.3 is 9.36 Å². The highest BCUT2D eigenvalue weighted by Crippen LogP contribution is 2.03. The Kier molecular flexibility index (Phi) is 8.30. The lowest BCUT2D eigenvalue weighted by atomic mass is 10.1. The molecule has 0 aliphatic heterocycles. The second kappa shape index (κ2) is 8.27. The quantitative estimate of drug-likeness (QED) is 0.464. The van der Waals surface area contributed by atoms with Gasteiger partial charge in [0, 0.05) is 24.2 Å². The SMILES string of the molecule is CCCNCCO[SiH](NC(C)(C)C)NC(C)(C)C. The molecule has 18 heavy (non-hydrogen) atoms. The number of hydrogen-bond acceptors (Lipinski definition) is 4. The zero-order valence-electron chi connectivity index (χ0n) is 13.3. The average Bonchev–Trinajstić information content (AvgIpc) is 2.12. The van der Waals surface area contributed by atoms with Gasteiger partial charge in [-0.2, -0.15) is 0 Å². The highest BCUT2D eigenvalue weighted by molar-refractivity contribution is 6.46. The fourth-order valence-electron chi connectivity index (χ4n) is 1.46. The molecule has 0 saturated carbocycles. The van der Waals surface area contributed by atoms with E-state index in [4.69, 9.17) is 4.43 Å². The first-order chi connectivity index (χ1) is 8.14. The van der Waals surface area contributed by atoms with Crippen molar-refractivity contribution >= 4 is 9.36 Å². The van der Waals surface area contributed by atoms with Crippen LogP contribution >= 0.6 is 0 Å². The number of rotatable bonds is 8. The Morgan fingerprint density at radius 2 is 1.39 bits per heavy atom. The summed E-state index contributed by atoms with van der Waals surface area (Å²) in [5.74, 6) is 0. The molecule has 0 fully saturated rings. The van der Waals surface area contributed by atoms with Crippen LogP contribution in [0.25, 0.3) is 0 Å². The number of hydrogen-bond donors (Lipinski definition) is 3. The van der Waals surface area contributed by atoms with Gasteiger partial charge < -0.3 is 19.7 Å². The molecule has 3 N–H and O–H groups in total. The van der Waals surface area contributed by atoms with Crippen LogP contribution in [-0.2, 0) is 4.43 Å². The van der Waals surface area contributed by atoms with E-state index in [1.165, 1.54) is 6.42 Å². The van der Waals surface area contributed by atoms with E-state index in [0.29, 0.717) is 0 Å². The molecule has 0 aliphatic rings. The minimum atomic E-state index is -1.58. The van der Waals surface area contributed by atoms with E-state index in [1.807, 2.05) is 0 Å². The molecule has 0 saturated heterocycles. The van der Waals surface area contributed by atoms with Gasteiger partial charge in [0.25, 0.3) is 0 Å². The van der Waals surface area contributed by atoms with Crippen LogP contribution in [-0.4, -0.2) is 40.1 Å². The first-order valence-corrected chi connectivity index (χ1v) is 8.64. The van der Waals surface area contributed by atoms with Crippen molar-refractivity contribution in [3.05, 3.63) is 0 Å². The van der Waals surface area contributed by atoms with E-state index >= 15 is 0 Å². The Balaban J connectivity index is 4.06. The fraction of sp³-hybridized carbons (Fsp3) is 1.00. The molecule has 0 radical (unpaired) electrons. The smallest absolute Gasteiger partial charge is 0.335 e. The van der Waals surface area contributed by atoms with Crippen molar-refractivity contribution in [3.63, 3.8) is 0 Å². The molecule has 0 amide bonds. The first-order valence-electron chi connectivity index (χ1n) is 7.02. The zero-order chi connectivity index (χ0) is 14.2. The van der Waals surface area contributed by atoms with Crippen LogP contribution in [0.1, 0.15) is 54.9 Å². The summed E-state index contributed by atoms with van der Waals surface area (Å²) in [7, 11) is -1.58. The van der Waals surface area contributed by atoms with Gasteiger partial charge in [-0.15, -0.1) is 0 Å². The van der Waals surface area contributed by atoms with Crippen molar-refractivity contribution in [2.75, 3.05) is 19.7 Å². The summed E-state index contributed by atoms with van der Waals surface area (Å²) in [5.41, 5.74) is 0.179. The van der Waals surface area contributed by atoms with E-state index in [1.54, 1.807) is 0 Å². The van der Waals surface area contributed by atoms with Crippen molar-refractivity contribution in [1.82, 2.24) is 15.3 Å². The minimum absolute atomic E-state index is 0.0893. The summed E-state index contributed by atoms with van der Waals surface area (Å²) in [5, 5.41) is 3.36. The molecule has 0 rings (SSSR count). The molecule has 0 bridgehead atoms. The van der Waals surface area contributed by atoms with E-state index in [0.717, 1.165) is 19.7 Å². The molecule has 5 heteroatoms. The van der Waals surface area contributed by atoms with E-state index < -0.39 is 9.36 Å². The van der Waals surface area contributed by atoms with Crippen molar-refractivity contribution in [2.24, 2.45) is 0 Å². The summed E-state index contributed by atoms with van der Waals surface area (Å²) in [6.07, 6.45) is 1.17. The van der Waals surface area contributed by atoms with Crippen molar-refractivity contribution < 1.29 is 4.43 Å². The molecule has 110 valence electrons. The molecule has 0 unspecified atom stereocenters. The van der Waals surface area contributed by atoms with Crippen LogP contribution in [0.4, 0.5) is 0 Å². The van der Waals surface area contributed by atoms with Crippen molar-refractivity contribution in [2.45, 2.75) is 66.0 Å². The van der Waals surface area contributed by atoms with Gasteiger partial charge in [0.15, 0.2) is 0 Å². The van der Waals surface area contributed by atoms with Crippen LogP contribution < -0.4 is 15.3 Å². The first kappa shape index (κ1) is 18.1. The third kappa shape index (κ3) is 12.5. The van der Waals surface area contributed by atoms with E-state index in [2.05, 4.69) is 63.7 Å². The van der Waals surface area contributed by atoms with Gasteiger partial charge in [0.05, 0.1) is 0 Å². The number of nitrogens with one attached hydrogen (secondary N) is 3. The largest absolute Gasteiger partial charge is 0.393 e. The second-order valence-corrected chi connectivity index (χ2v) is 8.46. The monoisotopic (exact) mass is 275 g/mol. The molecular formula is C13H33N3OSi. The lowest BCUT2D eigenvalue weighted by molar-refractivity contribution is 0.275. The lowest BCUT2D eigenvalue weighted by Gasteiger charge is -2.32. The van der Waals surface area contributed by atoms with E-state index in [9.17, 15) is 0 Å².